The van der Waals surface area contributed by atoms with E-state index in [1.807, 2.05) is 0 Å². The third-order valence-corrected chi connectivity index (χ3v) is 3.52. The third kappa shape index (κ3) is 6.26. The summed E-state index contributed by atoms with van der Waals surface area (Å²) >= 11 is 5.63. The first-order valence-electron chi connectivity index (χ1n) is 8.10. The highest BCUT2D eigenvalue weighted by atomic mass is 35.5. The van der Waals surface area contributed by atoms with Crippen LogP contribution >= 0.6 is 11.6 Å². The number of amides is 1. The van der Waals surface area contributed by atoms with Gasteiger partial charge in [-0.15, -0.1) is 0 Å². The minimum atomic E-state index is -4.64. The van der Waals surface area contributed by atoms with E-state index < -0.39 is 29.3 Å². The molecule has 0 fully saturated rings. The van der Waals surface area contributed by atoms with Crippen LogP contribution in [0, 0.1) is 5.82 Å². The molecule has 1 amide bonds. The summed E-state index contributed by atoms with van der Waals surface area (Å²) in [4.78, 5) is 15.4. The van der Waals surface area contributed by atoms with Gasteiger partial charge < -0.3 is 15.4 Å². The average molecular weight is 420 g/mol. The first kappa shape index (κ1) is 21.7. The van der Waals surface area contributed by atoms with Crippen LogP contribution in [-0.2, 0) is 17.5 Å². The summed E-state index contributed by atoms with van der Waals surface area (Å²) < 4.78 is 58.6. The molecule has 28 heavy (non-hydrogen) atoms. The molecule has 1 heterocycles. The van der Waals surface area contributed by atoms with E-state index in [0.717, 1.165) is 24.4 Å². The fourth-order valence-corrected chi connectivity index (χ4v) is 2.32. The normalized spacial score (nSPS) is 11.9. The van der Waals surface area contributed by atoms with Gasteiger partial charge in [-0.1, -0.05) is 11.6 Å². The topological polar surface area (TPSA) is 63.2 Å². The number of nitrogens with one attached hydrogen (secondary N) is 2. The molecule has 0 aliphatic carbocycles. The molecule has 2 rings (SSSR count). The van der Waals surface area contributed by atoms with Crippen molar-refractivity contribution < 1.29 is 27.1 Å². The molecule has 10 heteroatoms. The number of carbonyl (C=O) groups is 1. The summed E-state index contributed by atoms with van der Waals surface area (Å²) in [5, 5.41) is 4.75. The minimum absolute atomic E-state index is 0.00587. The van der Waals surface area contributed by atoms with E-state index in [0.29, 0.717) is 0 Å². The Morgan fingerprint density at radius 3 is 2.46 bits per heavy atom. The molecule has 0 unspecified atom stereocenters. The van der Waals surface area contributed by atoms with E-state index in [9.17, 15) is 22.4 Å². The summed E-state index contributed by atoms with van der Waals surface area (Å²) in [5.41, 5.74) is -2.08. The van der Waals surface area contributed by atoms with Gasteiger partial charge in [0.15, 0.2) is 0 Å². The lowest BCUT2D eigenvalue weighted by atomic mass is 10.1. The lowest BCUT2D eigenvalue weighted by Gasteiger charge is -2.19. The molecule has 2 aromatic rings. The van der Waals surface area contributed by atoms with Crippen molar-refractivity contribution in [3.8, 4) is 0 Å². The summed E-state index contributed by atoms with van der Waals surface area (Å²) in [6, 6.07) is 4.17. The number of rotatable bonds is 4. The zero-order chi connectivity index (χ0) is 21.1. The molecule has 0 saturated heterocycles. The van der Waals surface area contributed by atoms with Crippen LogP contribution < -0.4 is 10.6 Å². The minimum Gasteiger partial charge on any atom is -0.444 e. The number of halogens is 5. The first-order chi connectivity index (χ1) is 12.8. The zero-order valence-electron chi connectivity index (χ0n) is 15.2. The largest absolute Gasteiger partial charge is 0.444 e. The van der Waals surface area contributed by atoms with Crippen LogP contribution in [0.15, 0.2) is 30.5 Å². The van der Waals surface area contributed by atoms with Crippen LogP contribution in [0.2, 0.25) is 5.02 Å². The Morgan fingerprint density at radius 1 is 1.21 bits per heavy atom. The van der Waals surface area contributed by atoms with Gasteiger partial charge in [0.2, 0.25) is 0 Å². The summed E-state index contributed by atoms with van der Waals surface area (Å²) in [6.45, 7) is 4.79. The van der Waals surface area contributed by atoms with Gasteiger partial charge in [0.25, 0.3) is 0 Å². The summed E-state index contributed by atoms with van der Waals surface area (Å²) in [5.74, 6) is -0.802. The fourth-order valence-electron chi connectivity index (χ4n) is 2.15. The van der Waals surface area contributed by atoms with Gasteiger partial charge in [-0.05, 0) is 39.0 Å². The van der Waals surface area contributed by atoms with Crippen LogP contribution in [0.4, 0.5) is 33.7 Å². The van der Waals surface area contributed by atoms with E-state index in [1.165, 1.54) is 6.07 Å². The Balaban J connectivity index is 2.12. The Bertz CT molecular complexity index is 867. The van der Waals surface area contributed by atoms with Crippen molar-refractivity contribution in [2.75, 3.05) is 5.32 Å². The number of carbonyl (C=O) groups excluding carboxylic acids is 1. The fraction of sp³-hybridized carbons (Fsp3) is 0.333. The van der Waals surface area contributed by atoms with Crippen molar-refractivity contribution in [1.29, 1.82) is 0 Å². The van der Waals surface area contributed by atoms with Crippen LogP contribution in [0.3, 0.4) is 0 Å². The summed E-state index contributed by atoms with van der Waals surface area (Å²) in [7, 11) is 0. The number of alkyl halides is 3. The molecule has 0 atom stereocenters. The number of aromatic nitrogens is 1. The monoisotopic (exact) mass is 419 g/mol. The van der Waals surface area contributed by atoms with Gasteiger partial charge >= 0.3 is 12.3 Å². The average Bonchev–Trinajstić information content (AvgIpc) is 2.53. The molecular formula is C18H18ClF4N3O2. The molecule has 0 saturated carbocycles. The Labute approximate surface area is 164 Å². The van der Waals surface area contributed by atoms with Gasteiger partial charge in [-0.3, -0.25) is 4.98 Å². The van der Waals surface area contributed by atoms with Crippen LogP contribution in [-0.4, -0.2) is 16.7 Å². The first-order valence-corrected chi connectivity index (χ1v) is 8.48. The van der Waals surface area contributed by atoms with Crippen molar-refractivity contribution in [3.63, 3.8) is 0 Å². The maximum atomic E-state index is 14.2. The smallest absolute Gasteiger partial charge is 0.418 e. The van der Waals surface area contributed by atoms with Crippen molar-refractivity contribution in [3.05, 3.63) is 52.6 Å². The van der Waals surface area contributed by atoms with Crippen molar-refractivity contribution in [2.24, 2.45) is 0 Å². The second-order valence-electron chi connectivity index (χ2n) is 6.82. The van der Waals surface area contributed by atoms with E-state index in [1.54, 1.807) is 20.8 Å². The highest BCUT2D eigenvalue weighted by Crippen LogP contribution is 2.37. The third-order valence-electron chi connectivity index (χ3n) is 3.28. The number of hydrogen-bond acceptors (Lipinski definition) is 4. The molecule has 5 nitrogen and oxygen atoms in total. The standard InChI is InChI=1S/C18H18ClF4N3O2/c1-17(2,3)28-16(27)25-9-15-13(20)7-11(8-24-15)26-14-5-4-10(19)6-12(14)18(21,22)23/h4-8,26H,9H2,1-3H3,(H,25,27). The lowest BCUT2D eigenvalue weighted by Crippen LogP contribution is -2.32. The summed E-state index contributed by atoms with van der Waals surface area (Å²) in [6.07, 6.45) is -4.23. The highest BCUT2D eigenvalue weighted by molar-refractivity contribution is 6.30. The Morgan fingerprint density at radius 2 is 1.89 bits per heavy atom. The van der Waals surface area contributed by atoms with Crippen molar-refractivity contribution >= 4 is 29.1 Å². The predicted octanol–water partition coefficient (Wildman–Crippen LogP) is 5.66. The maximum absolute atomic E-state index is 14.2. The molecule has 152 valence electrons. The van der Waals surface area contributed by atoms with Crippen molar-refractivity contribution in [1.82, 2.24) is 10.3 Å². The van der Waals surface area contributed by atoms with Gasteiger partial charge in [0, 0.05) is 11.1 Å². The second kappa shape index (κ2) is 8.22. The molecule has 1 aromatic carbocycles. The molecular weight excluding hydrogens is 402 g/mol. The second-order valence-corrected chi connectivity index (χ2v) is 7.26. The van der Waals surface area contributed by atoms with E-state index >= 15 is 0 Å². The van der Waals surface area contributed by atoms with Crippen LogP contribution in [0.5, 0.6) is 0 Å². The molecule has 0 aliphatic heterocycles. The van der Waals surface area contributed by atoms with Crippen LogP contribution in [0.25, 0.3) is 0 Å². The number of hydrogen-bond donors (Lipinski definition) is 2. The number of pyridine rings is 1. The SMILES string of the molecule is CC(C)(C)OC(=O)NCc1ncc(Nc2ccc(Cl)cc2C(F)(F)F)cc1F. The van der Waals surface area contributed by atoms with Gasteiger partial charge in [-0.2, -0.15) is 13.2 Å². The van der Waals surface area contributed by atoms with Gasteiger partial charge in [0.1, 0.15) is 11.4 Å². The molecule has 0 aliphatic rings. The quantitative estimate of drug-likeness (QED) is 0.627. The number of ether oxygens (including phenoxy) is 1. The lowest BCUT2D eigenvalue weighted by molar-refractivity contribution is -0.136. The van der Waals surface area contributed by atoms with Gasteiger partial charge in [0.05, 0.1) is 35.4 Å². The zero-order valence-corrected chi connectivity index (χ0v) is 16.0. The van der Waals surface area contributed by atoms with Crippen LogP contribution in [0.1, 0.15) is 32.0 Å². The van der Waals surface area contributed by atoms with Gasteiger partial charge in [-0.25, -0.2) is 9.18 Å². The van der Waals surface area contributed by atoms with E-state index in [4.69, 9.17) is 16.3 Å². The van der Waals surface area contributed by atoms with Crippen molar-refractivity contribution in [2.45, 2.75) is 39.1 Å². The molecule has 1 aromatic heterocycles. The molecule has 0 bridgehead atoms. The number of benzene rings is 1. The Hall–Kier alpha value is -2.55. The number of anilines is 2. The number of alkyl carbamates (subject to hydrolysis) is 1. The molecule has 0 radical (unpaired) electrons. The highest BCUT2D eigenvalue weighted by Gasteiger charge is 2.34. The van der Waals surface area contributed by atoms with E-state index in [-0.39, 0.29) is 28.6 Å². The van der Waals surface area contributed by atoms with E-state index in [2.05, 4.69) is 15.6 Å². The number of nitrogens with zero attached hydrogens (tertiary/aromatic N) is 1. The molecule has 2 N–H and O–H groups in total. The predicted molar refractivity (Wildman–Crippen MR) is 97.0 cm³/mol. The maximum Gasteiger partial charge on any atom is 0.418 e. The Kier molecular flexibility index (Phi) is 6.38. The molecule has 0 spiro atoms.